The van der Waals surface area contributed by atoms with Crippen molar-refractivity contribution in [1.29, 1.82) is 0 Å². The summed E-state index contributed by atoms with van der Waals surface area (Å²) in [7, 11) is 0. The summed E-state index contributed by atoms with van der Waals surface area (Å²) in [5, 5.41) is 17.5. The van der Waals surface area contributed by atoms with E-state index in [0.717, 1.165) is 17.0 Å². The lowest BCUT2D eigenvalue weighted by Gasteiger charge is -2.05. The average Bonchev–Trinajstić information content (AvgIpc) is 3.41. The van der Waals surface area contributed by atoms with E-state index in [0.29, 0.717) is 38.6 Å². The zero-order valence-corrected chi connectivity index (χ0v) is 20.8. The van der Waals surface area contributed by atoms with Crippen LogP contribution < -0.4 is 5.32 Å². The van der Waals surface area contributed by atoms with E-state index in [1.165, 1.54) is 0 Å². The Morgan fingerprint density at radius 2 is 1.84 bits per heavy atom. The molecule has 4 rings (SSSR count). The zero-order chi connectivity index (χ0) is 23.0. The summed E-state index contributed by atoms with van der Waals surface area (Å²) in [6.45, 7) is 4.53. The van der Waals surface area contributed by atoms with Crippen LogP contribution in [0.3, 0.4) is 0 Å². The highest BCUT2D eigenvalue weighted by Gasteiger charge is 2.16. The Morgan fingerprint density at radius 1 is 1.06 bits per heavy atom. The molecule has 4 aromatic rings. The lowest BCUT2D eigenvalue weighted by Crippen LogP contribution is -2.16. The Labute approximate surface area is 207 Å². The predicted molar refractivity (Wildman–Crippen MR) is 128 cm³/mol. The van der Waals surface area contributed by atoms with Gasteiger partial charge in [-0.1, -0.05) is 40.9 Å². The van der Waals surface area contributed by atoms with Crippen molar-refractivity contribution < 1.29 is 4.79 Å². The molecule has 166 valence electrons. The van der Waals surface area contributed by atoms with Crippen molar-refractivity contribution >= 4 is 62.5 Å². The third-order valence-electron chi connectivity index (χ3n) is 4.72. The Hall–Kier alpha value is -2.33. The lowest BCUT2D eigenvalue weighted by atomic mass is 10.2. The first kappa shape index (κ1) is 22.8. The van der Waals surface area contributed by atoms with Gasteiger partial charge in [0.25, 0.3) is 5.91 Å². The van der Waals surface area contributed by atoms with E-state index in [9.17, 15) is 4.79 Å². The van der Waals surface area contributed by atoms with Crippen LogP contribution in [0, 0.1) is 13.8 Å². The normalized spacial score (nSPS) is 11.2. The SMILES string of the molecule is Cc1nn(Cn2ccc(C(=O)Nc3nn(Cc4ccc(Cl)c(Cl)c4)cc3Br)n2)c(C)c1Cl. The molecular weight excluding hydrogens is 541 g/mol. The molecule has 0 radical (unpaired) electrons. The Morgan fingerprint density at radius 3 is 2.53 bits per heavy atom. The maximum atomic E-state index is 12.7. The molecule has 0 saturated heterocycles. The Kier molecular flexibility index (Phi) is 6.62. The molecular formula is C20H17BrCl3N7O. The van der Waals surface area contributed by atoms with Crippen LogP contribution in [0.1, 0.15) is 27.4 Å². The number of nitrogens with one attached hydrogen (secondary N) is 1. The molecule has 12 heteroatoms. The standard InChI is InChI=1S/C20H17BrCl3N7O/c1-11-18(24)12(2)31(26-11)10-29-6-5-17(27-29)20(32)25-19-14(21)9-30(28-19)8-13-3-4-15(22)16(23)7-13/h3-7,9H,8,10H2,1-2H3,(H,25,28,32). The first-order valence-corrected chi connectivity index (χ1v) is 11.3. The van der Waals surface area contributed by atoms with E-state index in [4.69, 9.17) is 34.8 Å². The zero-order valence-electron chi connectivity index (χ0n) is 17.0. The number of aryl methyl sites for hydroxylation is 1. The average molecular weight is 558 g/mol. The molecule has 0 bridgehead atoms. The van der Waals surface area contributed by atoms with Crippen molar-refractivity contribution in [3.63, 3.8) is 0 Å². The van der Waals surface area contributed by atoms with Crippen LogP contribution in [0.15, 0.2) is 41.1 Å². The summed E-state index contributed by atoms with van der Waals surface area (Å²) in [5.74, 6) is 0.00516. The van der Waals surface area contributed by atoms with E-state index in [1.54, 1.807) is 44.6 Å². The minimum atomic E-state index is -0.379. The van der Waals surface area contributed by atoms with Crippen molar-refractivity contribution in [2.75, 3.05) is 5.32 Å². The topological polar surface area (TPSA) is 82.6 Å². The molecule has 0 atom stereocenters. The number of aromatic nitrogens is 6. The molecule has 0 aliphatic rings. The molecule has 1 amide bonds. The maximum Gasteiger partial charge on any atom is 0.277 e. The number of anilines is 1. The fraction of sp³-hybridized carbons (Fsp3) is 0.200. The monoisotopic (exact) mass is 555 g/mol. The lowest BCUT2D eigenvalue weighted by molar-refractivity contribution is 0.102. The second kappa shape index (κ2) is 9.27. The highest BCUT2D eigenvalue weighted by molar-refractivity contribution is 9.10. The van der Waals surface area contributed by atoms with Gasteiger partial charge >= 0.3 is 0 Å². The van der Waals surface area contributed by atoms with E-state index >= 15 is 0 Å². The minimum absolute atomic E-state index is 0.253. The van der Waals surface area contributed by atoms with Crippen LogP contribution in [0.4, 0.5) is 5.82 Å². The fourth-order valence-electron chi connectivity index (χ4n) is 3.07. The number of rotatable bonds is 6. The summed E-state index contributed by atoms with van der Waals surface area (Å²) < 4.78 is 5.67. The van der Waals surface area contributed by atoms with Crippen molar-refractivity contribution in [3.8, 4) is 0 Å². The minimum Gasteiger partial charge on any atom is -0.303 e. The molecule has 1 N–H and O–H groups in total. The summed E-state index contributed by atoms with van der Waals surface area (Å²) in [6.07, 6.45) is 3.47. The molecule has 32 heavy (non-hydrogen) atoms. The van der Waals surface area contributed by atoms with Crippen molar-refractivity contribution in [2.45, 2.75) is 27.1 Å². The highest BCUT2D eigenvalue weighted by Crippen LogP contribution is 2.25. The smallest absolute Gasteiger partial charge is 0.277 e. The van der Waals surface area contributed by atoms with Crippen LogP contribution in [0.5, 0.6) is 0 Å². The van der Waals surface area contributed by atoms with Gasteiger partial charge in [0.15, 0.2) is 11.5 Å². The number of benzene rings is 1. The van der Waals surface area contributed by atoms with Crippen LogP contribution in [-0.4, -0.2) is 35.2 Å². The van der Waals surface area contributed by atoms with Gasteiger partial charge in [-0.05, 0) is 53.5 Å². The molecule has 8 nitrogen and oxygen atoms in total. The molecule has 1 aromatic carbocycles. The molecule has 3 aromatic heterocycles. The van der Waals surface area contributed by atoms with Gasteiger partial charge in [-0.25, -0.2) is 4.68 Å². The van der Waals surface area contributed by atoms with Crippen molar-refractivity contribution in [1.82, 2.24) is 29.3 Å². The molecule has 3 heterocycles. The number of nitrogens with zero attached hydrogens (tertiary/aromatic N) is 6. The predicted octanol–water partition coefficient (Wildman–Crippen LogP) is 5.42. The molecule has 0 spiro atoms. The fourth-order valence-corrected chi connectivity index (χ4v) is 3.94. The van der Waals surface area contributed by atoms with E-state index in [-0.39, 0.29) is 11.6 Å². The first-order chi connectivity index (χ1) is 15.2. The van der Waals surface area contributed by atoms with Crippen LogP contribution in [0.25, 0.3) is 0 Å². The number of halogens is 4. The molecule has 0 unspecified atom stereocenters. The van der Waals surface area contributed by atoms with Gasteiger partial charge in [0.1, 0.15) is 6.67 Å². The number of carbonyl (C=O) groups is 1. The third-order valence-corrected chi connectivity index (χ3v) is 6.59. The van der Waals surface area contributed by atoms with E-state index in [2.05, 4.69) is 36.5 Å². The highest BCUT2D eigenvalue weighted by atomic mass is 79.9. The number of hydrogen-bond acceptors (Lipinski definition) is 4. The summed E-state index contributed by atoms with van der Waals surface area (Å²) in [6, 6.07) is 7.01. The number of hydrogen-bond donors (Lipinski definition) is 1. The van der Waals surface area contributed by atoms with E-state index < -0.39 is 0 Å². The van der Waals surface area contributed by atoms with Crippen LogP contribution in [-0.2, 0) is 13.2 Å². The van der Waals surface area contributed by atoms with Gasteiger partial charge in [0, 0.05) is 12.4 Å². The second-order valence-corrected chi connectivity index (χ2v) is 9.14. The van der Waals surface area contributed by atoms with Gasteiger partial charge in [0.05, 0.1) is 37.5 Å². The summed E-state index contributed by atoms with van der Waals surface area (Å²) >= 11 is 21.7. The molecule has 0 aliphatic heterocycles. The molecule has 0 fully saturated rings. The van der Waals surface area contributed by atoms with Gasteiger partial charge in [-0.15, -0.1) is 0 Å². The summed E-state index contributed by atoms with van der Waals surface area (Å²) in [4.78, 5) is 12.7. The molecule has 0 aliphatic carbocycles. The number of carbonyl (C=O) groups excluding carboxylic acids is 1. The molecule has 0 saturated carbocycles. The first-order valence-electron chi connectivity index (χ1n) is 9.42. The van der Waals surface area contributed by atoms with Gasteiger partial charge in [0.2, 0.25) is 0 Å². The van der Waals surface area contributed by atoms with Crippen molar-refractivity contribution in [3.05, 3.63) is 78.8 Å². The van der Waals surface area contributed by atoms with Gasteiger partial charge < -0.3 is 5.32 Å². The Balaban J connectivity index is 1.44. The Bertz CT molecular complexity index is 1310. The van der Waals surface area contributed by atoms with Crippen LogP contribution >= 0.6 is 50.7 Å². The van der Waals surface area contributed by atoms with E-state index in [1.807, 2.05) is 19.9 Å². The summed E-state index contributed by atoms with van der Waals surface area (Å²) in [5.41, 5.74) is 2.76. The largest absolute Gasteiger partial charge is 0.303 e. The maximum absolute atomic E-state index is 12.7. The second-order valence-electron chi connectivity index (χ2n) is 7.09. The quantitative estimate of drug-likeness (QED) is 0.343. The van der Waals surface area contributed by atoms with Gasteiger partial charge in [-0.2, -0.15) is 15.3 Å². The van der Waals surface area contributed by atoms with Crippen LogP contribution in [0.2, 0.25) is 15.1 Å². The van der Waals surface area contributed by atoms with Crippen molar-refractivity contribution in [2.24, 2.45) is 0 Å². The third kappa shape index (κ3) is 4.85. The number of amides is 1. The van der Waals surface area contributed by atoms with Gasteiger partial charge in [-0.3, -0.25) is 14.2 Å².